The van der Waals surface area contributed by atoms with Gasteiger partial charge >= 0.3 is 0 Å². The second-order valence-corrected chi connectivity index (χ2v) is 7.46. The summed E-state index contributed by atoms with van der Waals surface area (Å²) in [4.78, 5) is 0. The molecule has 0 aliphatic heterocycles. The molecule has 2 atom stereocenters. The predicted octanol–water partition coefficient (Wildman–Crippen LogP) is 4.54. The number of allylic oxidation sites excluding steroid dienone is 2. The number of ether oxygens (including phenoxy) is 2. The summed E-state index contributed by atoms with van der Waals surface area (Å²) in [6, 6.07) is 18.9. The highest BCUT2D eigenvalue weighted by atomic mass is 16.5. The zero-order valence-electron chi connectivity index (χ0n) is 16.6. The van der Waals surface area contributed by atoms with Crippen molar-refractivity contribution < 1.29 is 19.7 Å². The Morgan fingerprint density at radius 1 is 0.679 bits per heavy atom. The third kappa shape index (κ3) is 8.89. The van der Waals surface area contributed by atoms with Crippen LogP contribution >= 0.6 is 0 Å². The van der Waals surface area contributed by atoms with E-state index in [-0.39, 0.29) is 13.2 Å². The van der Waals surface area contributed by atoms with Crippen molar-refractivity contribution in [2.24, 2.45) is 0 Å². The summed E-state index contributed by atoms with van der Waals surface area (Å²) in [6.07, 6.45) is 8.45. The van der Waals surface area contributed by atoms with Crippen molar-refractivity contribution in [3.8, 4) is 11.5 Å². The molecule has 2 N–H and O–H groups in total. The fourth-order valence-corrected chi connectivity index (χ4v) is 2.43. The first-order valence-electron chi connectivity index (χ1n) is 9.48. The van der Waals surface area contributed by atoms with Crippen LogP contribution in [0.1, 0.15) is 26.7 Å². The van der Waals surface area contributed by atoms with E-state index in [4.69, 9.17) is 9.47 Å². The van der Waals surface area contributed by atoms with Gasteiger partial charge in [-0.25, -0.2) is 0 Å². The lowest BCUT2D eigenvalue weighted by atomic mass is 10.0. The van der Waals surface area contributed by atoms with Crippen molar-refractivity contribution in [3.63, 3.8) is 0 Å². The van der Waals surface area contributed by atoms with Crippen LogP contribution in [0.3, 0.4) is 0 Å². The van der Waals surface area contributed by atoms with Gasteiger partial charge in [-0.15, -0.1) is 0 Å². The number of hydrogen-bond donors (Lipinski definition) is 2. The van der Waals surface area contributed by atoms with Crippen LogP contribution in [0.25, 0.3) is 0 Å². The first-order valence-corrected chi connectivity index (χ1v) is 9.48. The molecule has 0 heterocycles. The van der Waals surface area contributed by atoms with Crippen LogP contribution < -0.4 is 9.47 Å². The summed E-state index contributed by atoms with van der Waals surface area (Å²) in [5.41, 5.74) is -1.90. The zero-order valence-corrected chi connectivity index (χ0v) is 16.6. The Kier molecular flexibility index (Phi) is 8.30. The van der Waals surface area contributed by atoms with Gasteiger partial charge in [0.2, 0.25) is 0 Å². The minimum Gasteiger partial charge on any atom is -0.491 e. The molecule has 0 bridgehead atoms. The largest absolute Gasteiger partial charge is 0.491 e. The third-order valence-electron chi connectivity index (χ3n) is 4.08. The Bertz CT molecular complexity index is 668. The summed E-state index contributed by atoms with van der Waals surface area (Å²) < 4.78 is 11.2. The molecule has 0 fully saturated rings. The SMILES string of the molecule is CC(O)(C/C=C/C=C/CC(C)(O)COc1ccccc1)COc1ccccc1. The molecular weight excluding hydrogens is 352 g/mol. The van der Waals surface area contributed by atoms with Crippen molar-refractivity contribution in [1.29, 1.82) is 0 Å². The van der Waals surface area contributed by atoms with Gasteiger partial charge in [0, 0.05) is 0 Å². The summed E-state index contributed by atoms with van der Waals surface area (Å²) >= 11 is 0. The summed E-state index contributed by atoms with van der Waals surface area (Å²) in [5.74, 6) is 1.48. The lowest BCUT2D eigenvalue weighted by Crippen LogP contribution is -2.31. The minimum absolute atomic E-state index is 0.219. The van der Waals surface area contributed by atoms with Gasteiger partial charge in [-0.2, -0.15) is 0 Å². The third-order valence-corrected chi connectivity index (χ3v) is 4.08. The quantitative estimate of drug-likeness (QED) is 0.560. The minimum atomic E-state index is -0.949. The van der Waals surface area contributed by atoms with Crippen LogP contribution in [0.2, 0.25) is 0 Å². The Labute approximate surface area is 167 Å². The van der Waals surface area contributed by atoms with E-state index in [1.165, 1.54) is 0 Å². The van der Waals surface area contributed by atoms with E-state index in [2.05, 4.69) is 0 Å². The second kappa shape index (κ2) is 10.7. The summed E-state index contributed by atoms with van der Waals surface area (Å²) in [6.45, 7) is 3.93. The van der Waals surface area contributed by atoms with Gasteiger partial charge in [-0.3, -0.25) is 0 Å². The highest BCUT2D eigenvalue weighted by Crippen LogP contribution is 2.16. The first kappa shape index (κ1) is 21.7. The van der Waals surface area contributed by atoms with E-state index in [0.29, 0.717) is 12.8 Å². The molecule has 0 radical (unpaired) electrons. The van der Waals surface area contributed by atoms with Gasteiger partial charge in [0.25, 0.3) is 0 Å². The lowest BCUT2D eigenvalue weighted by Gasteiger charge is -2.22. The molecule has 2 rings (SSSR count). The number of aliphatic hydroxyl groups is 2. The van der Waals surface area contributed by atoms with Gasteiger partial charge in [0.05, 0.1) is 11.2 Å². The molecule has 4 nitrogen and oxygen atoms in total. The highest BCUT2D eigenvalue weighted by Gasteiger charge is 2.20. The maximum absolute atomic E-state index is 10.4. The molecule has 0 aliphatic carbocycles. The monoisotopic (exact) mass is 382 g/mol. The van der Waals surface area contributed by atoms with E-state index in [9.17, 15) is 10.2 Å². The molecule has 0 saturated heterocycles. The molecule has 0 amide bonds. The Morgan fingerprint density at radius 2 is 1.04 bits per heavy atom. The van der Waals surface area contributed by atoms with E-state index in [0.717, 1.165) is 11.5 Å². The molecule has 2 aromatic rings. The van der Waals surface area contributed by atoms with E-state index < -0.39 is 11.2 Å². The Balaban J connectivity index is 1.68. The topological polar surface area (TPSA) is 58.9 Å². The van der Waals surface area contributed by atoms with Crippen LogP contribution in [-0.4, -0.2) is 34.6 Å². The average molecular weight is 383 g/mol. The first-order chi connectivity index (χ1) is 13.4. The average Bonchev–Trinajstić information content (AvgIpc) is 2.69. The molecule has 0 saturated carbocycles. The molecule has 2 unspecified atom stereocenters. The molecular formula is C24H30O4. The van der Waals surface area contributed by atoms with Crippen LogP contribution in [-0.2, 0) is 0 Å². The molecule has 0 aromatic heterocycles. The molecule has 2 aromatic carbocycles. The number of para-hydroxylation sites is 2. The van der Waals surface area contributed by atoms with E-state index in [1.54, 1.807) is 13.8 Å². The number of benzene rings is 2. The predicted molar refractivity (Wildman–Crippen MR) is 113 cm³/mol. The lowest BCUT2D eigenvalue weighted by molar-refractivity contribution is 0.0138. The van der Waals surface area contributed by atoms with Gasteiger partial charge in [0.15, 0.2) is 0 Å². The van der Waals surface area contributed by atoms with Gasteiger partial charge < -0.3 is 19.7 Å². The smallest absolute Gasteiger partial charge is 0.119 e. The van der Waals surface area contributed by atoms with Crippen molar-refractivity contribution in [3.05, 3.63) is 85.0 Å². The van der Waals surface area contributed by atoms with Gasteiger partial charge in [-0.1, -0.05) is 60.7 Å². The Hall–Kier alpha value is -2.56. The van der Waals surface area contributed by atoms with Crippen molar-refractivity contribution >= 4 is 0 Å². The zero-order chi connectivity index (χ0) is 20.3. The van der Waals surface area contributed by atoms with Gasteiger partial charge in [-0.05, 0) is 51.0 Å². The second-order valence-electron chi connectivity index (χ2n) is 7.46. The van der Waals surface area contributed by atoms with Crippen LogP contribution in [0.4, 0.5) is 0 Å². The van der Waals surface area contributed by atoms with Crippen molar-refractivity contribution in [2.45, 2.75) is 37.9 Å². The molecule has 0 spiro atoms. The molecule has 0 aliphatic rings. The van der Waals surface area contributed by atoms with E-state index >= 15 is 0 Å². The summed E-state index contributed by atoms with van der Waals surface area (Å²) in [7, 11) is 0. The number of rotatable bonds is 11. The van der Waals surface area contributed by atoms with Crippen LogP contribution in [0.15, 0.2) is 85.0 Å². The summed E-state index contributed by atoms with van der Waals surface area (Å²) in [5, 5.41) is 20.8. The fraction of sp³-hybridized carbons (Fsp3) is 0.333. The van der Waals surface area contributed by atoms with E-state index in [1.807, 2.05) is 85.0 Å². The molecule has 150 valence electrons. The normalized spacial score (nSPS) is 16.0. The highest BCUT2D eigenvalue weighted by molar-refractivity contribution is 5.22. The maximum Gasteiger partial charge on any atom is 0.119 e. The number of hydrogen-bond acceptors (Lipinski definition) is 4. The van der Waals surface area contributed by atoms with Gasteiger partial charge in [0.1, 0.15) is 24.7 Å². The van der Waals surface area contributed by atoms with Crippen LogP contribution in [0.5, 0.6) is 11.5 Å². The molecule has 28 heavy (non-hydrogen) atoms. The molecule has 4 heteroatoms. The van der Waals surface area contributed by atoms with Crippen molar-refractivity contribution in [1.82, 2.24) is 0 Å². The standard InChI is InChI=1S/C24H30O4/c1-23(25,19-27-21-13-7-5-8-14-21)17-11-3-4-12-18-24(2,26)20-28-22-15-9-6-10-16-22/h3-16,25-26H,17-20H2,1-2H3/b11-3+,12-4+. The van der Waals surface area contributed by atoms with Crippen molar-refractivity contribution in [2.75, 3.05) is 13.2 Å². The fourth-order valence-electron chi connectivity index (χ4n) is 2.43. The van der Waals surface area contributed by atoms with Crippen LogP contribution in [0, 0.1) is 0 Å². The Morgan fingerprint density at radius 3 is 1.39 bits per heavy atom. The maximum atomic E-state index is 10.4.